The van der Waals surface area contributed by atoms with Crippen molar-refractivity contribution in [3.63, 3.8) is 0 Å². The van der Waals surface area contributed by atoms with Crippen molar-refractivity contribution < 1.29 is 9.63 Å². The maximum Gasteiger partial charge on any atom is 0.300 e. The topological polar surface area (TPSA) is 103 Å². The number of carbonyl (C=O) groups is 1. The van der Waals surface area contributed by atoms with Gasteiger partial charge in [0.25, 0.3) is 0 Å². The van der Waals surface area contributed by atoms with Gasteiger partial charge in [-0.2, -0.15) is 5.90 Å². The number of hydrogen-bond donors (Lipinski definition) is 1. The Labute approximate surface area is 67.2 Å². The Morgan fingerprint density at radius 3 is 3.08 bits per heavy atom. The molecule has 0 aromatic carbocycles. The van der Waals surface area contributed by atoms with E-state index in [1.165, 1.54) is 0 Å². The fraction of sp³-hybridized carbons (Fsp3) is 0. The highest BCUT2D eigenvalue weighted by atomic mass is 16.6. The van der Waals surface area contributed by atoms with Gasteiger partial charge in [-0.25, -0.2) is 4.99 Å². The summed E-state index contributed by atoms with van der Waals surface area (Å²) in [6.07, 6.45) is 1.16. The molecule has 0 spiro atoms. The average Bonchev–Trinajstić information content (AvgIpc) is 2.16. The van der Waals surface area contributed by atoms with Crippen LogP contribution in [0.3, 0.4) is 0 Å². The second-order valence-corrected chi connectivity index (χ2v) is 1.73. The summed E-state index contributed by atoms with van der Waals surface area (Å²) in [4.78, 5) is 18.3. The second kappa shape index (κ2) is 3.49. The molecule has 1 rings (SSSR count). The molecule has 62 valence electrons. The molecule has 0 saturated heterocycles. The van der Waals surface area contributed by atoms with Crippen molar-refractivity contribution in [3.8, 4) is 5.75 Å². The third kappa shape index (κ3) is 1.40. The molecule has 1 amide bonds. The van der Waals surface area contributed by atoms with Crippen LogP contribution in [0.2, 0.25) is 0 Å². The van der Waals surface area contributed by atoms with Gasteiger partial charge in [0.15, 0.2) is 5.75 Å². The van der Waals surface area contributed by atoms with Crippen molar-refractivity contribution in [1.29, 1.82) is 0 Å². The predicted molar refractivity (Wildman–Crippen MR) is 38.5 cm³/mol. The lowest BCUT2D eigenvalue weighted by Gasteiger charge is -1.98. The molecule has 0 aliphatic rings. The maximum absolute atomic E-state index is 10.9. The van der Waals surface area contributed by atoms with Crippen LogP contribution < -0.4 is 10.7 Å². The smallest absolute Gasteiger partial charge is 0.300 e. The summed E-state index contributed by atoms with van der Waals surface area (Å²) < 4.78 is 0. The molecular formula is C5H5N5O2. The number of carbonyl (C=O) groups excluding carboxylic acids is 1. The summed E-state index contributed by atoms with van der Waals surface area (Å²) in [5, 5.41) is 9.94. The van der Waals surface area contributed by atoms with Crippen LogP contribution in [0.5, 0.6) is 5.75 Å². The highest BCUT2D eigenvalue weighted by Gasteiger charge is 2.13. The van der Waals surface area contributed by atoms with Crippen molar-refractivity contribution in [2.45, 2.75) is 0 Å². The van der Waals surface area contributed by atoms with E-state index in [0.717, 1.165) is 6.20 Å². The van der Waals surface area contributed by atoms with E-state index >= 15 is 0 Å². The first-order valence-corrected chi connectivity index (χ1v) is 2.85. The van der Waals surface area contributed by atoms with Crippen molar-refractivity contribution in [1.82, 2.24) is 15.4 Å². The van der Waals surface area contributed by atoms with Crippen LogP contribution in [0.4, 0.5) is 0 Å². The number of amides is 1. The third-order valence-electron chi connectivity index (χ3n) is 1.08. The van der Waals surface area contributed by atoms with E-state index in [1.807, 2.05) is 0 Å². The fourth-order valence-electron chi connectivity index (χ4n) is 0.569. The lowest BCUT2D eigenvalue weighted by Crippen LogP contribution is -2.10. The Hall–Kier alpha value is -1.89. The molecule has 0 unspecified atom stereocenters. The highest BCUT2D eigenvalue weighted by Crippen LogP contribution is 2.11. The van der Waals surface area contributed by atoms with Crippen molar-refractivity contribution in [3.05, 3.63) is 11.9 Å². The molecule has 0 aliphatic carbocycles. The van der Waals surface area contributed by atoms with Crippen molar-refractivity contribution >= 4 is 12.6 Å². The average molecular weight is 167 g/mol. The molecule has 0 bridgehead atoms. The minimum absolute atomic E-state index is 0.0161. The van der Waals surface area contributed by atoms with Crippen molar-refractivity contribution in [2.75, 3.05) is 0 Å². The molecule has 0 saturated carbocycles. The van der Waals surface area contributed by atoms with Gasteiger partial charge in [-0.1, -0.05) is 0 Å². The Morgan fingerprint density at radius 1 is 1.75 bits per heavy atom. The molecule has 0 atom stereocenters. The number of nitrogens with two attached hydrogens (primary N) is 1. The predicted octanol–water partition coefficient (Wildman–Crippen LogP) is -1.04. The van der Waals surface area contributed by atoms with E-state index in [4.69, 9.17) is 5.90 Å². The molecule has 12 heavy (non-hydrogen) atoms. The van der Waals surface area contributed by atoms with E-state index in [1.54, 1.807) is 0 Å². The minimum Gasteiger partial charge on any atom is -0.407 e. The van der Waals surface area contributed by atoms with Gasteiger partial charge in [0.05, 0.1) is 6.20 Å². The lowest BCUT2D eigenvalue weighted by molar-refractivity contribution is 0.0993. The molecule has 2 N–H and O–H groups in total. The van der Waals surface area contributed by atoms with Crippen LogP contribution in [-0.2, 0) is 0 Å². The SMILES string of the molecule is C=NC(=O)c1nnncc1ON. The first-order chi connectivity index (χ1) is 5.79. The summed E-state index contributed by atoms with van der Waals surface area (Å²) in [6.45, 7) is 3.03. The molecule has 0 fully saturated rings. The first kappa shape index (κ1) is 8.21. The molecular weight excluding hydrogens is 162 g/mol. The van der Waals surface area contributed by atoms with Gasteiger partial charge in [0.2, 0.25) is 5.69 Å². The first-order valence-electron chi connectivity index (χ1n) is 2.85. The van der Waals surface area contributed by atoms with Gasteiger partial charge in [-0.3, -0.25) is 4.79 Å². The highest BCUT2D eigenvalue weighted by molar-refractivity contribution is 5.97. The molecule has 0 radical (unpaired) electrons. The molecule has 7 nitrogen and oxygen atoms in total. The lowest BCUT2D eigenvalue weighted by atomic mass is 10.4. The van der Waals surface area contributed by atoms with E-state index < -0.39 is 5.91 Å². The van der Waals surface area contributed by atoms with Gasteiger partial charge < -0.3 is 4.84 Å². The van der Waals surface area contributed by atoms with Gasteiger partial charge in [-0.05, 0) is 11.9 Å². The summed E-state index contributed by atoms with van der Waals surface area (Å²) in [5.74, 6) is 4.18. The number of hydrogen-bond acceptors (Lipinski definition) is 6. The van der Waals surface area contributed by atoms with Gasteiger partial charge >= 0.3 is 5.91 Å². The zero-order chi connectivity index (χ0) is 8.97. The largest absolute Gasteiger partial charge is 0.407 e. The van der Waals surface area contributed by atoms with E-state index in [-0.39, 0.29) is 11.4 Å². The minimum atomic E-state index is -0.662. The van der Waals surface area contributed by atoms with E-state index in [2.05, 4.69) is 32.0 Å². The summed E-state index contributed by atoms with van der Waals surface area (Å²) in [5.41, 5.74) is -0.109. The third-order valence-corrected chi connectivity index (χ3v) is 1.08. The summed E-state index contributed by atoms with van der Waals surface area (Å²) >= 11 is 0. The summed E-state index contributed by atoms with van der Waals surface area (Å²) in [6, 6.07) is 0. The van der Waals surface area contributed by atoms with Gasteiger partial charge in [-0.15, -0.1) is 10.2 Å². The van der Waals surface area contributed by atoms with E-state index in [0.29, 0.717) is 0 Å². The zero-order valence-corrected chi connectivity index (χ0v) is 5.97. The molecule has 1 heterocycles. The van der Waals surface area contributed by atoms with Crippen molar-refractivity contribution in [2.24, 2.45) is 10.9 Å². The Bertz CT molecular complexity index is 312. The van der Waals surface area contributed by atoms with Crippen LogP contribution in [0.15, 0.2) is 11.2 Å². The molecule has 1 aromatic heterocycles. The fourth-order valence-corrected chi connectivity index (χ4v) is 0.569. The number of aliphatic imine (C=N–C) groups is 1. The van der Waals surface area contributed by atoms with Crippen LogP contribution in [-0.4, -0.2) is 28.0 Å². The van der Waals surface area contributed by atoms with Crippen LogP contribution in [0.25, 0.3) is 0 Å². The number of aromatic nitrogens is 3. The van der Waals surface area contributed by atoms with Gasteiger partial charge in [0.1, 0.15) is 0 Å². The quantitative estimate of drug-likeness (QED) is 0.446. The zero-order valence-electron chi connectivity index (χ0n) is 5.97. The van der Waals surface area contributed by atoms with Crippen LogP contribution in [0.1, 0.15) is 10.5 Å². The Balaban J connectivity index is 3.13. The normalized spacial score (nSPS) is 9.08. The second-order valence-electron chi connectivity index (χ2n) is 1.73. The number of rotatable bonds is 2. The number of nitrogens with zero attached hydrogens (tertiary/aromatic N) is 4. The van der Waals surface area contributed by atoms with Gasteiger partial charge in [0, 0.05) is 0 Å². The van der Waals surface area contributed by atoms with E-state index in [9.17, 15) is 4.79 Å². The monoisotopic (exact) mass is 167 g/mol. The Kier molecular flexibility index (Phi) is 2.38. The molecule has 0 aliphatic heterocycles. The molecule has 1 aromatic rings. The molecule has 7 heteroatoms. The maximum atomic E-state index is 10.9. The van der Waals surface area contributed by atoms with Crippen LogP contribution in [0, 0.1) is 0 Å². The summed E-state index contributed by atoms with van der Waals surface area (Å²) in [7, 11) is 0. The standard InChI is InChI=1S/C5H5N5O2/c1-7-5(11)4-3(12-6)2-8-10-9-4/h2H,1,6H2. The van der Waals surface area contributed by atoms with Crippen LogP contribution >= 0.6 is 0 Å². The Morgan fingerprint density at radius 2 is 2.50 bits per heavy atom.